The first kappa shape index (κ1) is 13.8. The van der Waals surface area contributed by atoms with Crippen molar-refractivity contribution in [3.05, 3.63) is 53.2 Å². The van der Waals surface area contributed by atoms with Gasteiger partial charge in [0.05, 0.1) is 18.4 Å². The van der Waals surface area contributed by atoms with Crippen LogP contribution in [0, 0.1) is 5.82 Å². The molecule has 110 valence electrons. The Morgan fingerprint density at radius 2 is 1.95 bits per heavy atom. The molecule has 0 spiro atoms. The summed E-state index contributed by atoms with van der Waals surface area (Å²) in [5, 5.41) is 3.03. The first-order chi connectivity index (χ1) is 9.93. The van der Waals surface area contributed by atoms with E-state index in [2.05, 4.69) is 15.3 Å². The van der Waals surface area contributed by atoms with E-state index in [0.29, 0.717) is 6.20 Å². The molecule has 3 nitrogen and oxygen atoms in total. The van der Waals surface area contributed by atoms with E-state index in [1.165, 1.54) is 12.1 Å². The van der Waals surface area contributed by atoms with Gasteiger partial charge >= 0.3 is 6.18 Å². The molecule has 3 rings (SSSR count). The normalized spacial score (nSPS) is 17.6. The maximum atomic E-state index is 13.1. The van der Waals surface area contributed by atoms with Gasteiger partial charge in [0.15, 0.2) is 5.69 Å². The summed E-state index contributed by atoms with van der Waals surface area (Å²) in [6, 6.07) is 4.45. The Morgan fingerprint density at radius 3 is 2.62 bits per heavy atom. The minimum Gasteiger partial charge on any atom is -0.362 e. The number of alkyl halides is 3. The van der Waals surface area contributed by atoms with Crippen LogP contribution in [-0.2, 0) is 12.6 Å². The van der Waals surface area contributed by atoms with Crippen LogP contribution in [0.25, 0.3) is 0 Å². The van der Waals surface area contributed by atoms with Gasteiger partial charge in [-0.2, -0.15) is 13.2 Å². The van der Waals surface area contributed by atoms with Crippen LogP contribution in [0.1, 0.15) is 29.3 Å². The number of nitrogens with one attached hydrogen (secondary N) is 1. The quantitative estimate of drug-likeness (QED) is 0.858. The molecule has 1 aliphatic rings. The monoisotopic (exact) mass is 297 g/mol. The van der Waals surface area contributed by atoms with Crippen LogP contribution in [-0.4, -0.2) is 9.97 Å². The Hall–Kier alpha value is -2.18. The Balaban J connectivity index is 1.77. The van der Waals surface area contributed by atoms with Crippen molar-refractivity contribution < 1.29 is 17.6 Å². The van der Waals surface area contributed by atoms with Crippen molar-refractivity contribution in [2.24, 2.45) is 0 Å². The Kier molecular flexibility index (Phi) is 3.27. The lowest BCUT2D eigenvalue weighted by molar-refractivity contribution is -0.141. The zero-order valence-electron chi connectivity index (χ0n) is 10.8. The average Bonchev–Trinajstić information content (AvgIpc) is 2.80. The number of aryl methyl sites for hydroxylation is 1. The van der Waals surface area contributed by atoms with E-state index >= 15 is 0 Å². The van der Waals surface area contributed by atoms with E-state index < -0.39 is 11.9 Å². The summed E-state index contributed by atoms with van der Waals surface area (Å²) < 4.78 is 50.3. The second-order valence-corrected chi connectivity index (χ2v) is 4.86. The Labute approximate surface area is 118 Å². The van der Waals surface area contributed by atoms with Gasteiger partial charge in [-0.1, -0.05) is 6.07 Å². The summed E-state index contributed by atoms with van der Waals surface area (Å²) in [6.07, 6.45) is -1.28. The standard InChI is InChI=1S/C14H11F4N3/c15-9-2-3-10-8(5-9)1-4-11(10)21-13-7-19-12(6-20-13)14(16,17)18/h2-3,5-7,11H,1,4H2,(H,20,21)/t11-/m1/s1. The van der Waals surface area contributed by atoms with Gasteiger partial charge in [0.25, 0.3) is 0 Å². The van der Waals surface area contributed by atoms with Crippen LogP contribution in [0.5, 0.6) is 0 Å². The van der Waals surface area contributed by atoms with E-state index in [4.69, 9.17) is 0 Å². The maximum Gasteiger partial charge on any atom is 0.434 e. The fraction of sp³-hybridized carbons (Fsp3) is 0.286. The van der Waals surface area contributed by atoms with Crippen LogP contribution >= 0.6 is 0 Å². The number of anilines is 1. The van der Waals surface area contributed by atoms with Crippen molar-refractivity contribution in [2.45, 2.75) is 25.1 Å². The zero-order valence-corrected chi connectivity index (χ0v) is 10.8. The van der Waals surface area contributed by atoms with Gasteiger partial charge in [-0.25, -0.2) is 14.4 Å². The summed E-state index contributed by atoms with van der Waals surface area (Å²) in [5.74, 6) is -0.0195. The van der Waals surface area contributed by atoms with E-state index in [9.17, 15) is 17.6 Å². The van der Waals surface area contributed by atoms with Crippen molar-refractivity contribution in [2.75, 3.05) is 5.32 Å². The molecule has 1 aromatic carbocycles. The van der Waals surface area contributed by atoms with Gasteiger partial charge in [0.1, 0.15) is 11.6 Å². The molecule has 0 bridgehead atoms. The highest BCUT2D eigenvalue weighted by Crippen LogP contribution is 2.34. The van der Waals surface area contributed by atoms with Gasteiger partial charge < -0.3 is 5.32 Å². The molecule has 0 aliphatic heterocycles. The fourth-order valence-corrected chi connectivity index (χ4v) is 2.46. The summed E-state index contributed by atoms with van der Waals surface area (Å²) >= 11 is 0. The highest BCUT2D eigenvalue weighted by atomic mass is 19.4. The van der Waals surface area contributed by atoms with E-state index in [-0.39, 0.29) is 17.7 Å². The SMILES string of the molecule is Fc1ccc2c(c1)CC[C@H]2Nc1cnc(C(F)(F)F)cn1. The lowest BCUT2D eigenvalue weighted by atomic mass is 10.1. The molecule has 1 aliphatic carbocycles. The molecular formula is C14H11F4N3. The van der Waals surface area contributed by atoms with E-state index in [0.717, 1.165) is 30.2 Å². The van der Waals surface area contributed by atoms with Crippen LogP contribution in [0.4, 0.5) is 23.4 Å². The molecule has 0 radical (unpaired) electrons. The van der Waals surface area contributed by atoms with Crippen molar-refractivity contribution in [1.29, 1.82) is 0 Å². The Bertz CT molecular complexity index is 652. The molecule has 0 amide bonds. The minimum atomic E-state index is -4.50. The van der Waals surface area contributed by atoms with Crippen LogP contribution < -0.4 is 5.32 Å². The summed E-state index contributed by atoms with van der Waals surface area (Å²) in [7, 11) is 0. The van der Waals surface area contributed by atoms with E-state index in [1.54, 1.807) is 6.07 Å². The lowest BCUT2D eigenvalue weighted by Gasteiger charge is -2.15. The highest BCUT2D eigenvalue weighted by Gasteiger charge is 2.33. The third kappa shape index (κ3) is 2.81. The summed E-state index contributed by atoms with van der Waals surface area (Å²) in [5.41, 5.74) is 0.826. The number of hydrogen-bond acceptors (Lipinski definition) is 3. The molecule has 1 aromatic heterocycles. The number of rotatable bonds is 2. The van der Waals surface area contributed by atoms with Gasteiger partial charge in [0, 0.05) is 0 Å². The van der Waals surface area contributed by atoms with Gasteiger partial charge in [-0.05, 0) is 36.1 Å². The first-order valence-corrected chi connectivity index (χ1v) is 6.37. The highest BCUT2D eigenvalue weighted by molar-refractivity contribution is 5.42. The maximum absolute atomic E-state index is 13.1. The summed E-state index contributed by atoms with van der Waals surface area (Å²) in [4.78, 5) is 7.08. The number of fused-ring (bicyclic) bond motifs is 1. The third-order valence-corrected chi connectivity index (χ3v) is 3.45. The van der Waals surface area contributed by atoms with Gasteiger partial charge in [0.2, 0.25) is 0 Å². The Morgan fingerprint density at radius 1 is 1.14 bits per heavy atom. The summed E-state index contributed by atoms with van der Waals surface area (Å²) in [6.45, 7) is 0. The smallest absolute Gasteiger partial charge is 0.362 e. The molecule has 21 heavy (non-hydrogen) atoms. The number of hydrogen-bond donors (Lipinski definition) is 1. The first-order valence-electron chi connectivity index (χ1n) is 6.37. The molecule has 7 heteroatoms. The largest absolute Gasteiger partial charge is 0.434 e. The molecule has 1 N–H and O–H groups in total. The lowest BCUT2D eigenvalue weighted by Crippen LogP contribution is -2.12. The topological polar surface area (TPSA) is 37.8 Å². The van der Waals surface area contributed by atoms with Crippen LogP contribution in [0.3, 0.4) is 0 Å². The van der Waals surface area contributed by atoms with Gasteiger partial charge in [-0.15, -0.1) is 0 Å². The van der Waals surface area contributed by atoms with Gasteiger partial charge in [-0.3, -0.25) is 0 Å². The second-order valence-electron chi connectivity index (χ2n) is 4.86. The van der Waals surface area contributed by atoms with Crippen LogP contribution in [0.2, 0.25) is 0 Å². The molecule has 0 saturated carbocycles. The number of benzene rings is 1. The number of halogens is 4. The molecule has 0 fully saturated rings. The van der Waals surface area contributed by atoms with Crippen molar-refractivity contribution in [1.82, 2.24) is 9.97 Å². The fourth-order valence-electron chi connectivity index (χ4n) is 2.46. The minimum absolute atomic E-state index is 0.0911. The molecule has 1 atom stereocenters. The number of aromatic nitrogens is 2. The zero-order chi connectivity index (χ0) is 15.0. The van der Waals surface area contributed by atoms with Crippen LogP contribution in [0.15, 0.2) is 30.6 Å². The average molecular weight is 297 g/mol. The molecule has 0 unspecified atom stereocenters. The number of nitrogens with zero attached hydrogens (tertiary/aromatic N) is 2. The van der Waals surface area contributed by atoms with Crippen molar-refractivity contribution in [3.63, 3.8) is 0 Å². The molecular weight excluding hydrogens is 286 g/mol. The molecule has 1 heterocycles. The second kappa shape index (κ2) is 4.98. The van der Waals surface area contributed by atoms with Crippen molar-refractivity contribution >= 4 is 5.82 Å². The van der Waals surface area contributed by atoms with E-state index in [1.807, 2.05) is 0 Å². The molecule has 0 saturated heterocycles. The molecule has 2 aromatic rings. The predicted octanol–water partition coefficient (Wildman–Crippen LogP) is 3.73. The predicted molar refractivity (Wildman–Crippen MR) is 68.1 cm³/mol. The third-order valence-electron chi connectivity index (χ3n) is 3.45. The van der Waals surface area contributed by atoms with Crippen molar-refractivity contribution in [3.8, 4) is 0 Å².